The molecule has 2 N–H and O–H groups in total. The molecule has 2 aromatic heterocycles. The fourth-order valence-corrected chi connectivity index (χ4v) is 2.74. The molecule has 1 saturated heterocycles. The monoisotopic (exact) mass is 289 g/mol. The lowest BCUT2D eigenvalue weighted by molar-refractivity contribution is 0.0777. The van der Waals surface area contributed by atoms with Crippen molar-refractivity contribution < 1.29 is 4.79 Å². The minimum absolute atomic E-state index is 0.189. The molecule has 7 heteroatoms. The summed E-state index contributed by atoms with van der Waals surface area (Å²) < 4.78 is 2.32. The van der Waals surface area contributed by atoms with E-state index in [1.54, 1.807) is 24.4 Å². The van der Waals surface area contributed by atoms with Gasteiger partial charge in [-0.2, -0.15) is 0 Å². The van der Waals surface area contributed by atoms with E-state index in [0.29, 0.717) is 11.6 Å². The van der Waals surface area contributed by atoms with Gasteiger partial charge in [-0.1, -0.05) is 13.0 Å². The predicted octanol–water partition coefficient (Wildman–Crippen LogP) is -0.195. The number of hydrogen-bond acceptors (Lipinski definition) is 5. The second-order valence-corrected chi connectivity index (χ2v) is 5.68. The van der Waals surface area contributed by atoms with E-state index in [1.165, 1.54) is 4.40 Å². The maximum Gasteiger partial charge on any atom is 0.357 e. The van der Waals surface area contributed by atoms with Crippen LogP contribution in [0.1, 0.15) is 18.1 Å². The highest BCUT2D eigenvalue weighted by molar-refractivity contribution is 5.80. The van der Waals surface area contributed by atoms with Crippen LogP contribution in [0.5, 0.6) is 0 Å². The number of nitrogens with zero attached hydrogens (tertiary/aromatic N) is 4. The molecule has 3 heterocycles. The third-order valence-electron chi connectivity index (χ3n) is 4.08. The maximum atomic E-state index is 12.3. The number of rotatable bonds is 2. The maximum absolute atomic E-state index is 12.3. The van der Waals surface area contributed by atoms with Crippen LogP contribution in [0.3, 0.4) is 0 Å². The molecular weight excluding hydrogens is 270 g/mol. The number of hydrogen-bond donors (Lipinski definition) is 1. The fourth-order valence-electron chi connectivity index (χ4n) is 2.74. The van der Waals surface area contributed by atoms with Gasteiger partial charge in [0.05, 0.1) is 6.54 Å². The van der Waals surface area contributed by atoms with Crippen molar-refractivity contribution in [2.75, 3.05) is 19.6 Å². The van der Waals surface area contributed by atoms with Crippen LogP contribution in [0.4, 0.5) is 0 Å². The lowest BCUT2D eigenvalue weighted by atomic mass is 9.95. The van der Waals surface area contributed by atoms with Crippen molar-refractivity contribution in [1.82, 2.24) is 19.1 Å². The number of fused-ring (bicyclic) bond motifs is 1. The van der Waals surface area contributed by atoms with E-state index < -0.39 is 5.69 Å². The first-order chi connectivity index (χ1) is 10.1. The number of aromatic nitrogens is 3. The van der Waals surface area contributed by atoms with E-state index in [2.05, 4.69) is 12.0 Å². The SMILES string of the molecule is CC1CN(CC(=O)n2nc3ccccn3c2=O)CCC1N. The molecule has 112 valence electrons. The summed E-state index contributed by atoms with van der Waals surface area (Å²) in [5.41, 5.74) is 6.03. The Kier molecular flexibility index (Phi) is 3.60. The zero-order valence-electron chi connectivity index (χ0n) is 12.0. The first kappa shape index (κ1) is 14.0. The number of carbonyl (C=O) groups is 1. The van der Waals surface area contributed by atoms with Gasteiger partial charge in [0.2, 0.25) is 0 Å². The molecule has 1 fully saturated rings. The summed E-state index contributed by atoms with van der Waals surface area (Å²) in [6, 6.07) is 5.41. The highest BCUT2D eigenvalue weighted by atomic mass is 16.2. The van der Waals surface area contributed by atoms with Crippen molar-refractivity contribution in [3.05, 3.63) is 34.9 Å². The molecule has 0 saturated carbocycles. The zero-order chi connectivity index (χ0) is 15.0. The standard InChI is InChI=1S/C14H19N5O2/c1-10-8-17(7-5-11(10)15)9-13(20)19-14(21)18-6-3-2-4-12(18)16-19/h2-4,6,10-11H,5,7-9,15H2,1H3. The minimum atomic E-state index is -0.419. The van der Waals surface area contributed by atoms with Gasteiger partial charge in [-0.3, -0.25) is 9.69 Å². The Hall–Kier alpha value is -1.99. The lowest BCUT2D eigenvalue weighted by Gasteiger charge is -2.34. The summed E-state index contributed by atoms with van der Waals surface area (Å²) in [6.45, 7) is 3.83. The fraction of sp³-hybridized carbons (Fsp3) is 0.500. The summed E-state index contributed by atoms with van der Waals surface area (Å²) >= 11 is 0. The summed E-state index contributed by atoms with van der Waals surface area (Å²) in [5, 5.41) is 4.08. The molecule has 0 aromatic carbocycles. The Labute approximate surface area is 122 Å². The number of nitrogens with two attached hydrogens (primary N) is 1. The van der Waals surface area contributed by atoms with Gasteiger partial charge in [0.15, 0.2) is 5.65 Å². The average molecular weight is 289 g/mol. The molecule has 0 aliphatic carbocycles. The van der Waals surface area contributed by atoms with Gasteiger partial charge in [-0.15, -0.1) is 9.78 Å². The van der Waals surface area contributed by atoms with Crippen LogP contribution in [0.2, 0.25) is 0 Å². The van der Waals surface area contributed by atoms with E-state index in [9.17, 15) is 9.59 Å². The van der Waals surface area contributed by atoms with Gasteiger partial charge >= 0.3 is 5.69 Å². The van der Waals surface area contributed by atoms with E-state index in [0.717, 1.165) is 24.2 Å². The lowest BCUT2D eigenvalue weighted by Crippen LogP contribution is -2.48. The Morgan fingerprint density at radius 1 is 1.48 bits per heavy atom. The molecule has 21 heavy (non-hydrogen) atoms. The summed E-state index contributed by atoms with van der Waals surface area (Å²) in [6.07, 6.45) is 2.48. The zero-order valence-corrected chi connectivity index (χ0v) is 12.0. The molecule has 2 unspecified atom stereocenters. The van der Waals surface area contributed by atoms with Crippen LogP contribution in [-0.4, -0.2) is 50.7 Å². The molecule has 2 aromatic rings. The molecular formula is C14H19N5O2. The van der Waals surface area contributed by atoms with Gasteiger partial charge in [0.1, 0.15) is 0 Å². The third kappa shape index (κ3) is 2.62. The van der Waals surface area contributed by atoms with E-state index in [-0.39, 0.29) is 18.5 Å². The number of pyridine rings is 1. The molecule has 0 spiro atoms. The largest absolute Gasteiger partial charge is 0.357 e. The van der Waals surface area contributed by atoms with Crippen molar-refractivity contribution in [1.29, 1.82) is 0 Å². The molecule has 7 nitrogen and oxygen atoms in total. The van der Waals surface area contributed by atoms with Crippen LogP contribution < -0.4 is 11.4 Å². The van der Waals surface area contributed by atoms with Crippen molar-refractivity contribution in [3.63, 3.8) is 0 Å². The third-order valence-corrected chi connectivity index (χ3v) is 4.08. The first-order valence-corrected chi connectivity index (χ1v) is 7.14. The number of piperidine rings is 1. The van der Waals surface area contributed by atoms with Crippen molar-refractivity contribution >= 4 is 11.6 Å². The Morgan fingerprint density at radius 3 is 3.00 bits per heavy atom. The average Bonchev–Trinajstić information content (AvgIpc) is 2.81. The molecule has 0 amide bonds. The quantitative estimate of drug-likeness (QED) is 0.828. The predicted molar refractivity (Wildman–Crippen MR) is 78.3 cm³/mol. The van der Waals surface area contributed by atoms with Crippen molar-refractivity contribution in [2.24, 2.45) is 11.7 Å². The minimum Gasteiger partial charge on any atom is -0.327 e. The molecule has 2 atom stereocenters. The highest BCUT2D eigenvalue weighted by Crippen LogP contribution is 2.14. The highest BCUT2D eigenvalue weighted by Gasteiger charge is 2.25. The first-order valence-electron chi connectivity index (χ1n) is 7.14. The van der Waals surface area contributed by atoms with E-state index in [1.807, 2.05) is 4.90 Å². The van der Waals surface area contributed by atoms with Gasteiger partial charge < -0.3 is 5.73 Å². The van der Waals surface area contributed by atoms with Crippen molar-refractivity contribution in [3.8, 4) is 0 Å². The molecule has 3 rings (SSSR count). The van der Waals surface area contributed by atoms with Crippen LogP contribution in [0.25, 0.3) is 5.65 Å². The van der Waals surface area contributed by atoms with Crippen LogP contribution in [0.15, 0.2) is 29.2 Å². The Bertz CT molecular complexity index is 719. The van der Waals surface area contributed by atoms with Gasteiger partial charge in [0, 0.05) is 25.3 Å². The summed E-state index contributed by atoms with van der Waals surface area (Å²) in [7, 11) is 0. The smallest absolute Gasteiger partial charge is 0.327 e. The summed E-state index contributed by atoms with van der Waals surface area (Å²) in [4.78, 5) is 26.5. The number of likely N-dealkylation sites (tertiary alicyclic amines) is 1. The summed E-state index contributed by atoms with van der Waals surface area (Å²) in [5.74, 6) is 0.0516. The van der Waals surface area contributed by atoms with Gasteiger partial charge in [0.25, 0.3) is 5.91 Å². The van der Waals surface area contributed by atoms with Crippen LogP contribution in [0, 0.1) is 5.92 Å². The molecule has 0 bridgehead atoms. The van der Waals surface area contributed by atoms with Crippen LogP contribution >= 0.6 is 0 Å². The van der Waals surface area contributed by atoms with Crippen LogP contribution in [-0.2, 0) is 0 Å². The second-order valence-electron chi connectivity index (χ2n) is 5.68. The Morgan fingerprint density at radius 2 is 2.29 bits per heavy atom. The Balaban J connectivity index is 1.78. The van der Waals surface area contributed by atoms with E-state index >= 15 is 0 Å². The van der Waals surface area contributed by atoms with E-state index in [4.69, 9.17) is 5.73 Å². The normalized spacial score (nSPS) is 23.5. The molecule has 1 aliphatic heterocycles. The van der Waals surface area contributed by atoms with Gasteiger partial charge in [-0.25, -0.2) is 9.20 Å². The van der Waals surface area contributed by atoms with Crippen molar-refractivity contribution in [2.45, 2.75) is 19.4 Å². The van der Waals surface area contributed by atoms with Gasteiger partial charge in [-0.05, 0) is 24.5 Å². The second kappa shape index (κ2) is 5.42. The molecule has 1 aliphatic rings. The molecule has 0 radical (unpaired) electrons. The number of carbonyl (C=O) groups excluding carboxylic acids is 1. The topological polar surface area (TPSA) is 85.6 Å².